The van der Waals surface area contributed by atoms with Crippen molar-refractivity contribution in [1.29, 1.82) is 0 Å². The van der Waals surface area contributed by atoms with Crippen molar-refractivity contribution in [2.24, 2.45) is 0 Å². The summed E-state index contributed by atoms with van der Waals surface area (Å²) in [7, 11) is 0. The van der Waals surface area contributed by atoms with Crippen molar-refractivity contribution < 1.29 is 19.4 Å². The number of aliphatic hydroxyl groups excluding tert-OH is 1. The monoisotopic (exact) mass is 411 g/mol. The quantitative estimate of drug-likeness (QED) is 0.218. The van der Waals surface area contributed by atoms with Gasteiger partial charge in [0.15, 0.2) is 5.69 Å². The second-order valence-electron chi connectivity index (χ2n) is 7.80. The SMILES string of the molecule is CCCCCCCCCCCCCCCCCCONC(=O)c1nonc1CO. The molecule has 0 aromatic carbocycles. The van der Waals surface area contributed by atoms with E-state index in [-0.39, 0.29) is 11.4 Å². The number of aliphatic hydroxyl groups is 1. The number of hydroxylamine groups is 1. The second kappa shape index (κ2) is 18.6. The van der Waals surface area contributed by atoms with Crippen LogP contribution < -0.4 is 5.48 Å². The Balaban J connectivity index is 1.78. The van der Waals surface area contributed by atoms with E-state index in [4.69, 9.17) is 9.94 Å². The van der Waals surface area contributed by atoms with Gasteiger partial charge in [0.05, 0.1) is 13.2 Å². The molecule has 2 N–H and O–H groups in total. The lowest BCUT2D eigenvalue weighted by molar-refractivity contribution is 0.0288. The number of carbonyl (C=O) groups is 1. The number of nitrogens with zero attached hydrogens (tertiary/aromatic N) is 2. The predicted molar refractivity (Wildman–Crippen MR) is 113 cm³/mol. The number of hydrogen-bond donors (Lipinski definition) is 2. The smallest absolute Gasteiger partial charge is 0.299 e. The highest BCUT2D eigenvalue weighted by atomic mass is 16.7. The Morgan fingerprint density at radius 3 is 1.79 bits per heavy atom. The van der Waals surface area contributed by atoms with Crippen LogP contribution in [0.2, 0.25) is 0 Å². The fraction of sp³-hybridized carbons (Fsp3) is 0.864. The van der Waals surface area contributed by atoms with Gasteiger partial charge in [-0.1, -0.05) is 108 Å². The molecule has 1 amide bonds. The van der Waals surface area contributed by atoms with Gasteiger partial charge in [0.1, 0.15) is 5.69 Å². The molecule has 29 heavy (non-hydrogen) atoms. The predicted octanol–water partition coefficient (Wildman–Crippen LogP) is 5.48. The van der Waals surface area contributed by atoms with E-state index >= 15 is 0 Å². The maximum atomic E-state index is 11.7. The van der Waals surface area contributed by atoms with E-state index in [2.05, 4.69) is 27.3 Å². The van der Waals surface area contributed by atoms with Gasteiger partial charge in [-0.3, -0.25) is 9.63 Å². The summed E-state index contributed by atoms with van der Waals surface area (Å²) in [4.78, 5) is 16.9. The molecule has 0 bridgehead atoms. The summed E-state index contributed by atoms with van der Waals surface area (Å²) in [5.74, 6) is -0.549. The van der Waals surface area contributed by atoms with E-state index in [0.717, 1.165) is 12.8 Å². The third kappa shape index (κ3) is 13.4. The average Bonchev–Trinajstić information content (AvgIpc) is 3.21. The summed E-state index contributed by atoms with van der Waals surface area (Å²) in [5, 5.41) is 15.9. The molecule has 0 aliphatic rings. The van der Waals surface area contributed by atoms with Crippen LogP contribution in [0.4, 0.5) is 0 Å². The van der Waals surface area contributed by atoms with Gasteiger partial charge in [0.2, 0.25) is 0 Å². The number of carbonyl (C=O) groups excluding carboxylic acids is 1. The van der Waals surface area contributed by atoms with Crippen LogP contribution in [0.3, 0.4) is 0 Å². The lowest BCUT2D eigenvalue weighted by Crippen LogP contribution is -2.25. The van der Waals surface area contributed by atoms with Gasteiger partial charge in [-0.2, -0.15) is 0 Å². The van der Waals surface area contributed by atoms with Crippen molar-refractivity contribution in [1.82, 2.24) is 15.8 Å². The Kier molecular flexibility index (Phi) is 16.4. The van der Waals surface area contributed by atoms with Gasteiger partial charge in [0, 0.05) is 0 Å². The standard InChI is InChI=1S/C22H41N3O4/c1-2-3-4-5-6-7-8-9-10-11-12-13-14-15-16-17-18-28-25-22(27)21-20(19-26)23-29-24-21/h26H,2-19H2,1H3,(H,25,27). The zero-order valence-electron chi connectivity index (χ0n) is 18.3. The zero-order valence-corrected chi connectivity index (χ0v) is 18.3. The highest BCUT2D eigenvalue weighted by Gasteiger charge is 2.17. The normalized spacial score (nSPS) is 11.1. The van der Waals surface area contributed by atoms with E-state index in [1.807, 2.05) is 0 Å². The number of unbranched alkanes of at least 4 members (excludes halogenated alkanes) is 15. The van der Waals surface area contributed by atoms with Crippen LogP contribution in [0, 0.1) is 0 Å². The topological polar surface area (TPSA) is 97.5 Å². The minimum absolute atomic E-state index is 0.0422. The van der Waals surface area contributed by atoms with E-state index in [1.54, 1.807) is 0 Å². The summed E-state index contributed by atoms with van der Waals surface area (Å²) in [6.07, 6.45) is 21.2. The zero-order chi connectivity index (χ0) is 21.0. The van der Waals surface area contributed by atoms with Crippen LogP contribution in [0.15, 0.2) is 4.63 Å². The Hall–Kier alpha value is -1.47. The molecule has 0 atom stereocenters. The van der Waals surface area contributed by atoms with Gasteiger partial charge < -0.3 is 5.11 Å². The molecule has 0 saturated carbocycles. The molecule has 0 aliphatic heterocycles. The summed E-state index contributed by atoms with van der Waals surface area (Å²) in [5.41, 5.74) is 2.36. The van der Waals surface area contributed by atoms with Crippen LogP contribution in [-0.2, 0) is 11.4 Å². The number of rotatable bonds is 20. The number of amides is 1. The van der Waals surface area contributed by atoms with Gasteiger partial charge in [-0.05, 0) is 11.6 Å². The van der Waals surface area contributed by atoms with E-state index in [9.17, 15) is 4.79 Å². The Morgan fingerprint density at radius 2 is 1.31 bits per heavy atom. The van der Waals surface area contributed by atoms with Crippen LogP contribution >= 0.6 is 0 Å². The van der Waals surface area contributed by atoms with Gasteiger partial charge >= 0.3 is 0 Å². The van der Waals surface area contributed by atoms with Crippen molar-refractivity contribution >= 4 is 5.91 Å². The van der Waals surface area contributed by atoms with Crippen LogP contribution in [0.25, 0.3) is 0 Å². The molecule has 1 rings (SSSR count). The molecule has 0 aliphatic carbocycles. The molecule has 0 saturated heterocycles. The first-order valence-corrected chi connectivity index (χ1v) is 11.6. The molecule has 1 aromatic heterocycles. The van der Waals surface area contributed by atoms with Crippen LogP contribution in [-0.4, -0.2) is 27.9 Å². The molecular weight excluding hydrogens is 370 g/mol. The molecular formula is C22H41N3O4. The molecule has 0 fully saturated rings. The third-order valence-corrected chi connectivity index (χ3v) is 5.19. The van der Waals surface area contributed by atoms with Crippen molar-refractivity contribution in [3.05, 3.63) is 11.4 Å². The molecule has 7 heteroatoms. The fourth-order valence-electron chi connectivity index (χ4n) is 3.37. The Bertz CT molecular complexity index is 508. The summed E-state index contributed by atoms with van der Waals surface area (Å²) in [6, 6.07) is 0. The van der Waals surface area contributed by atoms with Crippen molar-refractivity contribution in [2.45, 2.75) is 116 Å². The molecule has 0 unspecified atom stereocenters. The molecule has 1 aromatic rings. The van der Waals surface area contributed by atoms with E-state index in [1.165, 1.54) is 89.9 Å². The minimum atomic E-state index is -0.549. The molecule has 168 valence electrons. The van der Waals surface area contributed by atoms with Gasteiger partial charge in [0.25, 0.3) is 5.91 Å². The first-order chi connectivity index (χ1) is 14.3. The lowest BCUT2D eigenvalue weighted by Gasteiger charge is -2.05. The first kappa shape index (κ1) is 25.6. The van der Waals surface area contributed by atoms with Gasteiger partial charge in [-0.15, -0.1) is 0 Å². The number of aromatic nitrogens is 2. The molecule has 7 nitrogen and oxygen atoms in total. The molecule has 1 heterocycles. The van der Waals surface area contributed by atoms with Crippen molar-refractivity contribution in [2.75, 3.05) is 6.61 Å². The largest absolute Gasteiger partial charge is 0.390 e. The molecule has 0 spiro atoms. The Labute approximate surface area is 175 Å². The highest BCUT2D eigenvalue weighted by molar-refractivity contribution is 5.92. The summed E-state index contributed by atoms with van der Waals surface area (Å²) < 4.78 is 4.42. The minimum Gasteiger partial charge on any atom is -0.390 e. The lowest BCUT2D eigenvalue weighted by atomic mass is 10.0. The van der Waals surface area contributed by atoms with Crippen molar-refractivity contribution in [3.8, 4) is 0 Å². The summed E-state index contributed by atoms with van der Waals surface area (Å²) >= 11 is 0. The second-order valence-corrected chi connectivity index (χ2v) is 7.80. The summed E-state index contributed by atoms with van der Waals surface area (Å²) in [6.45, 7) is 2.33. The number of hydrogen-bond acceptors (Lipinski definition) is 6. The Morgan fingerprint density at radius 1 is 0.828 bits per heavy atom. The maximum absolute atomic E-state index is 11.7. The third-order valence-electron chi connectivity index (χ3n) is 5.19. The average molecular weight is 412 g/mol. The van der Waals surface area contributed by atoms with Crippen LogP contribution in [0.1, 0.15) is 126 Å². The maximum Gasteiger partial charge on any atom is 0.299 e. The fourth-order valence-corrected chi connectivity index (χ4v) is 3.37. The van der Waals surface area contributed by atoms with Gasteiger partial charge in [-0.25, -0.2) is 10.1 Å². The van der Waals surface area contributed by atoms with E-state index in [0.29, 0.717) is 6.61 Å². The first-order valence-electron chi connectivity index (χ1n) is 11.6. The number of nitrogens with one attached hydrogen (secondary N) is 1. The highest BCUT2D eigenvalue weighted by Crippen LogP contribution is 2.13. The van der Waals surface area contributed by atoms with Crippen molar-refractivity contribution in [3.63, 3.8) is 0 Å². The van der Waals surface area contributed by atoms with Crippen LogP contribution in [0.5, 0.6) is 0 Å². The van der Waals surface area contributed by atoms with E-state index < -0.39 is 12.5 Å². The molecule has 0 radical (unpaired) electrons.